The average Bonchev–Trinajstić information content (AvgIpc) is 2.53. The minimum absolute atomic E-state index is 0.304. The molecule has 112 valence electrons. The molecule has 0 fully saturated rings. The Balaban J connectivity index is 2.46. The third-order valence-electron chi connectivity index (χ3n) is 2.97. The average molecular weight is 310 g/mol. The summed E-state index contributed by atoms with van der Waals surface area (Å²) in [5, 5.41) is 0.565. The molecule has 0 aliphatic heterocycles. The van der Waals surface area contributed by atoms with Crippen LogP contribution in [0.2, 0.25) is 5.02 Å². The van der Waals surface area contributed by atoms with Gasteiger partial charge < -0.3 is 19.9 Å². The van der Waals surface area contributed by atoms with Crippen molar-refractivity contribution in [3.8, 4) is 17.5 Å². The van der Waals surface area contributed by atoms with Gasteiger partial charge in [-0.2, -0.15) is 4.98 Å². The maximum absolute atomic E-state index is 6.26. The largest absolute Gasteiger partial charge is 0.496 e. The SMILES string of the molecule is COc1cnc(C(N)c2ccc(Cl)cc2OC)c(OC)n1. The van der Waals surface area contributed by atoms with E-state index in [-0.39, 0.29) is 0 Å². The zero-order valence-corrected chi connectivity index (χ0v) is 12.7. The minimum Gasteiger partial charge on any atom is -0.496 e. The maximum atomic E-state index is 6.26. The van der Waals surface area contributed by atoms with E-state index in [9.17, 15) is 0 Å². The first kappa shape index (κ1) is 15.3. The van der Waals surface area contributed by atoms with Gasteiger partial charge in [0.25, 0.3) is 0 Å². The van der Waals surface area contributed by atoms with Crippen LogP contribution < -0.4 is 19.9 Å². The molecule has 1 heterocycles. The van der Waals surface area contributed by atoms with E-state index in [4.69, 9.17) is 31.5 Å². The molecule has 2 N–H and O–H groups in total. The van der Waals surface area contributed by atoms with E-state index in [0.29, 0.717) is 28.2 Å². The Hall–Kier alpha value is -2.05. The maximum Gasteiger partial charge on any atom is 0.240 e. The van der Waals surface area contributed by atoms with Gasteiger partial charge in [-0.1, -0.05) is 17.7 Å². The zero-order valence-electron chi connectivity index (χ0n) is 12.0. The summed E-state index contributed by atoms with van der Waals surface area (Å²) in [6, 6.07) is 4.66. The predicted molar refractivity (Wildman–Crippen MR) is 79.2 cm³/mol. The van der Waals surface area contributed by atoms with Crippen LogP contribution in [-0.4, -0.2) is 31.3 Å². The number of nitrogens with zero attached hydrogens (tertiary/aromatic N) is 2. The molecular formula is C14H16ClN3O3. The molecule has 21 heavy (non-hydrogen) atoms. The molecule has 0 radical (unpaired) electrons. The lowest BCUT2D eigenvalue weighted by atomic mass is 10.0. The van der Waals surface area contributed by atoms with Crippen LogP contribution in [0.4, 0.5) is 0 Å². The topological polar surface area (TPSA) is 79.5 Å². The minimum atomic E-state index is -0.564. The molecule has 1 aromatic heterocycles. The molecule has 0 amide bonds. The van der Waals surface area contributed by atoms with Gasteiger partial charge in [0, 0.05) is 10.6 Å². The number of hydrogen-bond acceptors (Lipinski definition) is 6. The Morgan fingerprint density at radius 2 is 1.90 bits per heavy atom. The summed E-state index contributed by atoms with van der Waals surface area (Å²) in [4.78, 5) is 8.44. The van der Waals surface area contributed by atoms with Crippen LogP contribution in [-0.2, 0) is 0 Å². The quantitative estimate of drug-likeness (QED) is 0.912. The lowest BCUT2D eigenvalue weighted by Gasteiger charge is -2.17. The van der Waals surface area contributed by atoms with Gasteiger partial charge in [-0.3, -0.25) is 0 Å². The molecule has 0 bridgehead atoms. The predicted octanol–water partition coefficient (Wildman–Crippen LogP) is 2.20. The van der Waals surface area contributed by atoms with Crippen molar-refractivity contribution in [1.82, 2.24) is 9.97 Å². The van der Waals surface area contributed by atoms with E-state index in [1.807, 2.05) is 0 Å². The van der Waals surface area contributed by atoms with Crippen LogP contribution in [0.25, 0.3) is 0 Å². The standard InChI is InChI=1S/C14H16ClN3O3/c1-19-10-6-8(15)4-5-9(10)12(16)13-14(21-3)18-11(20-2)7-17-13/h4-7,12H,16H2,1-3H3. The van der Waals surface area contributed by atoms with Crippen LogP contribution in [0, 0.1) is 0 Å². The smallest absolute Gasteiger partial charge is 0.240 e. The Bertz CT molecular complexity index is 637. The van der Waals surface area contributed by atoms with Crippen molar-refractivity contribution in [3.63, 3.8) is 0 Å². The number of ether oxygens (including phenoxy) is 3. The first-order valence-corrected chi connectivity index (χ1v) is 6.52. The van der Waals surface area contributed by atoms with Crippen molar-refractivity contribution >= 4 is 11.6 Å². The summed E-state index contributed by atoms with van der Waals surface area (Å²) in [5.74, 6) is 1.24. The van der Waals surface area contributed by atoms with Crippen LogP contribution in [0.15, 0.2) is 24.4 Å². The monoisotopic (exact) mass is 309 g/mol. The molecule has 1 atom stereocenters. The Morgan fingerprint density at radius 3 is 2.52 bits per heavy atom. The molecule has 7 heteroatoms. The molecule has 0 saturated carbocycles. The van der Waals surface area contributed by atoms with E-state index in [0.717, 1.165) is 5.56 Å². The van der Waals surface area contributed by atoms with Gasteiger partial charge in [0.1, 0.15) is 11.4 Å². The van der Waals surface area contributed by atoms with Gasteiger partial charge in [0.05, 0.1) is 33.6 Å². The van der Waals surface area contributed by atoms with Crippen molar-refractivity contribution in [2.45, 2.75) is 6.04 Å². The van der Waals surface area contributed by atoms with Crippen molar-refractivity contribution in [2.75, 3.05) is 21.3 Å². The molecule has 2 aromatic rings. The number of methoxy groups -OCH3 is 3. The normalized spacial score (nSPS) is 11.9. The van der Waals surface area contributed by atoms with Crippen LogP contribution in [0.5, 0.6) is 17.5 Å². The van der Waals surface area contributed by atoms with Gasteiger partial charge in [0.2, 0.25) is 11.8 Å². The lowest BCUT2D eigenvalue weighted by Crippen LogP contribution is -2.16. The van der Waals surface area contributed by atoms with Crippen molar-refractivity contribution < 1.29 is 14.2 Å². The van der Waals surface area contributed by atoms with Gasteiger partial charge in [-0.25, -0.2) is 4.98 Å². The number of halogens is 1. The third-order valence-corrected chi connectivity index (χ3v) is 3.21. The number of nitrogens with two attached hydrogens (primary N) is 1. The van der Waals surface area contributed by atoms with Gasteiger partial charge in [0.15, 0.2) is 0 Å². The summed E-state index contributed by atoms with van der Waals surface area (Å²) in [6.07, 6.45) is 1.49. The highest BCUT2D eigenvalue weighted by Gasteiger charge is 2.21. The summed E-state index contributed by atoms with van der Waals surface area (Å²) < 4.78 is 15.6. The van der Waals surface area contributed by atoms with Gasteiger partial charge in [-0.05, 0) is 12.1 Å². The summed E-state index contributed by atoms with van der Waals surface area (Å²) in [5.41, 5.74) is 7.49. The number of rotatable bonds is 5. The lowest BCUT2D eigenvalue weighted by molar-refractivity contribution is 0.354. The van der Waals surface area contributed by atoms with Crippen molar-refractivity contribution in [3.05, 3.63) is 40.7 Å². The number of aromatic nitrogens is 2. The summed E-state index contributed by atoms with van der Waals surface area (Å²) >= 11 is 5.95. The molecular weight excluding hydrogens is 294 g/mol. The van der Waals surface area contributed by atoms with Gasteiger partial charge >= 0.3 is 0 Å². The number of hydrogen-bond donors (Lipinski definition) is 1. The van der Waals surface area contributed by atoms with Crippen LogP contribution in [0.3, 0.4) is 0 Å². The van der Waals surface area contributed by atoms with Crippen molar-refractivity contribution in [2.24, 2.45) is 5.73 Å². The summed E-state index contributed by atoms with van der Waals surface area (Å²) in [6.45, 7) is 0. The fourth-order valence-corrected chi connectivity index (χ4v) is 2.08. The van der Waals surface area contributed by atoms with Crippen LogP contribution in [0.1, 0.15) is 17.3 Å². The van der Waals surface area contributed by atoms with Crippen LogP contribution >= 0.6 is 11.6 Å². The summed E-state index contributed by atoms with van der Waals surface area (Å²) in [7, 11) is 4.56. The Labute approximate surface area is 127 Å². The molecule has 0 saturated heterocycles. The fourth-order valence-electron chi connectivity index (χ4n) is 1.92. The Morgan fingerprint density at radius 1 is 1.14 bits per heavy atom. The molecule has 6 nitrogen and oxygen atoms in total. The highest BCUT2D eigenvalue weighted by atomic mass is 35.5. The first-order chi connectivity index (χ1) is 10.1. The second kappa shape index (κ2) is 6.60. The van der Waals surface area contributed by atoms with Crippen molar-refractivity contribution in [1.29, 1.82) is 0 Å². The van der Waals surface area contributed by atoms with E-state index >= 15 is 0 Å². The fraction of sp³-hybridized carbons (Fsp3) is 0.286. The molecule has 0 aliphatic carbocycles. The van der Waals surface area contributed by atoms with E-state index in [1.165, 1.54) is 20.4 Å². The second-order valence-corrected chi connectivity index (χ2v) is 4.61. The molecule has 0 spiro atoms. The van der Waals surface area contributed by atoms with E-state index in [2.05, 4.69) is 9.97 Å². The Kier molecular flexibility index (Phi) is 4.82. The van der Waals surface area contributed by atoms with E-state index < -0.39 is 6.04 Å². The highest BCUT2D eigenvalue weighted by Crippen LogP contribution is 2.33. The molecule has 2 rings (SSSR count). The highest BCUT2D eigenvalue weighted by molar-refractivity contribution is 6.30. The molecule has 1 aromatic carbocycles. The third kappa shape index (κ3) is 3.17. The van der Waals surface area contributed by atoms with E-state index in [1.54, 1.807) is 25.3 Å². The number of benzene rings is 1. The second-order valence-electron chi connectivity index (χ2n) is 4.17. The van der Waals surface area contributed by atoms with Gasteiger partial charge in [-0.15, -0.1) is 0 Å². The zero-order chi connectivity index (χ0) is 15.4. The first-order valence-electron chi connectivity index (χ1n) is 6.14. The molecule has 0 aliphatic rings. The molecule has 1 unspecified atom stereocenters.